The first-order chi connectivity index (χ1) is 16.6. The predicted octanol–water partition coefficient (Wildman–Crippen LogP) is 4.39. The zero-order valence-electron chi connectivity index (χ0n) is 19.6. The van der Waals surface area contributed by atoms with Gasteiger partial charge in [0.25, 0.3) is 5.91 Å². The molecule has 0 spiro atoms. The van der Waals surface area contributed by atoms with Gasteiger partial charge in [0.15, 0.2) is 0 Å². The Labute approximate surface area is 209 Å². The lowest BCUT2D eigenvalue weighted by Crippen LogP contribution is -2.46. The third-order valence-electron chi connectivity index (χ3n) is 6.53. The van der Waals surface area contributed by atoms with Crippen LogP contribution in [0.2, 0.25) is 0 Å². The van der Waals surface area contributed by atoms with Crippen molar-refractivity contribution >= 4 is 29.0 Å². The molecule has 0 radical (unpaired) electrons. The van der Waals surface area contributed by atoms with Crippen molar-refractivity contribution in [2.45, 2.75) is 23.5 Å². The molecule has 178 valence electrons. The molecule has 1 fully saturated rings. The fraction of sp³-hybridized carbons (Fsp3) is 0.385. The van der Waals surface area contributed by atoms with Crippen molar-refractivity contribution < 1.29 is 9.53 Å². The third-order valence-corrected chi connectivity index (χ3v) is 8.40. The Morgan fingerprint density at radius 2 is 2.03 bits per heavy atom. The van der Waals surface area contributed by atoms with Crippen LogP contribution in [-0.4, -0.2) is 71.7 Å². The highest BCUT2D eigenvalue weighted by Crippen LogP contribution is 2.30. The first-order valence-corrected chi connectivity index (χ1v) is 13.7. The summed E-state index contributed by atoms with van der Waals surface area (Å²) in [4.78, 5) is 24.4. The number of aromatic nitrogens is 1. The molecule has 1 saturated heterocycles. The number of hydrogen-bond donors (Lipinski definition) is 0. The highest BCUT2D eigenvalue weighted by molar-refractivity contribution is 8.00. The van der Waals surface area contributed by atoms with E-state index in [0.717, 1.165) is 41.8 Å². The molecule has 2 aliphatic heterocycles. The standard InChI is InChI=1S/C26H30N4O2S2/c1-28-10-11-29(23(17-28)20-6-4-3-5-7-20)15-19-8-9-24-21(14-19)16-30(12-13-32-24)25(31)22-18-34-26(27-22)33-2/h3-9,14,18,23H,10-13,15-17H2,1-2H3/t23-/m1/s1. The summed E-state index contributed by atoms with van der Waals surface area (Å²) in [5.74, 6) is 0.849. The van der Waals surface area contributed by atoms with E-state index < -0.39 is 0 Å². The van der Waals surface area contributed by atoms with Crippen molar-refractivity contribution in [2.24, 2.45) is 0 Å². The summed E-state index contributed by atoms with van der Waals surface area (Å²) < 4.78 is 6.92. The van der Waals surface area contributed by atoms with Gasteiger partial charge in [-0.3, -0.25) is 9.69 Å². The number of thiazole rings is 1. The second kappa shape index (κ2) is 10.5. The maximum absolute atomic E-state index is 13.1. The Morgan fingerprint density at radius 1 is 1.18 bits per heavy atom. The Morgan fingerprint density at radius 3 is 2.82 bits per heavy atom. The summed E-state index contributed by atoms with van der Waals surface area (Å²) in [7, 11) is 2.20. The first-order valence-electron chi connectivity index (χ1n) is 11.6. The predicted molar refractivity (Wildman–Crippen MR) is 138 cm³/mol. The number of ether oxygens (including phenoxy) is 1. The largest absolute Gasteiger partial charge is 0.491 e. The minimum Gasteiger partial charge on any atom is -0.491 e. The molecule has 0 bridgehead atoms. The van der Waals surface area contributed by atoms with Crippen LogP contribution in [0, 0.1) is 0 Å². The Hall–Kier alpha value is -2.39. The smallest absolute Gasteiger partial charge is 0.273 e. The molecule has 0 aliphatic carbocycles. The third kappa shape index (κ3) is 5.15. The van der Waals surface area contributed by atoms with E-state index in [2.05, 4.69) is 70.4 Å². The topological polar surface area (TPSA) is 48.9 Å². The van der Waals surface area contributed by atoms with Crippen molar-refractivity contribution in [2.75, 3.05) is 46.1 Å². The number of fused-ring (bicyclic) bond motifs is 1. The van der Waals surface area contributed by atoms with Crippen LogP contribution in [0.4, 0.5) is 0 Å². The van der Waals surface area contributed by atoms with E-state index in [0.29, 0.717) is 31.4 Å². The number of carbonyl (C=O) groups is 1. The van der Waals surface area contributed by atoms with Crippen LogP contribution in [0.5, 0.6) is 5.75 Å². The van der Waals surface area contributed by atoms with E-state index >= 15 is 0 Å². The molecular formula is C26H30N4O2S2. The van der Waals surface area contributed by atoms with Crippen LogP contribution in [-0.2, 0) is 13.1 Å². The molecule has 1 amide bonds. The number of amides is 1. The monoisotopic (exact) mass is 494 g/mol. The SMILES string of the molecule is CSc1nc(C(=O)N2CCOc3ccc(CN4CCN(C)C[C@@H]4c4ccccc4)cc3C2)cs1. The lowest BCUT2D eigenvalue weighted by atomic mass is 10.0. The number of rotatable bonds is 5. The fourth-order valence-corrected chi connectivity index (χ4v) is 5.94. The number of carbonyl (C=O) groups excluding carboxylic acids is 1. The molecule has 0 unspecified atom stereocenters. The molecule has 8 heteroatoms. The average Bonchev–Trinajstić information content (AvgIpc) is 3.25. The minimum atomic E-state index is -0.0263. The summed E-state index contributed by atoms with van der Waals surface area (Å²) in [6.07, 6.45) is 1.98. The number of nitrogens with zero attached hydrogens (tertiary/aromatic N) is 4. The van der Waals surface area contributed by atoms with Crippen molar-refractivity contribution in [3.8, 4) is 5.75 Å². The molecule has 3 aromatic rings. The molecule has 34 heavy (non-hydrogen) atoms. The van der Waals surface area contributed by atoms with E-state index in [9.17, 15) is 4.79 Å². The zero-order chi connectivity index (χ0) is 23.5. The van der Waals surface area contributed by atoms with Crippen LogP contribution in [0.25, 0.3) is 0 Å². The number of hydrogen-bond acceptors (Lipinski definition) is 7. The number of benzene rings is 2. The first kappa shape index (κ1) is 23.4. The summed E-state index contributed by atoms with van der Waals surface area (Å²) in [5, 5.41) is 1.86. The molecule has 0 N–H and O–H groups in total. The van der Waals surface area contributed by atoms with Gasteiger partial charge in [-0.25, -0.2) is 4.98 Å². The van der Waals surface area contributed by atoms with Crippen molar-refractivity contribution in [3.63, 3.8) is 0 Å². The lowest BCUT2D eigenvalue weighted by molar-refractivity contribution is 0.0727. The molecule has 2 aliphatic rings. The van der Waals surface area contributed by atoms with Gasteiger partial charge in [0.05, 0.1) is 6.54 Å². The molecule has 3 heterocycles. The van der Waals surface area contributed by atoms with Crippen LogP contribution in [0.3, 0.4) is 0 Å². The van der Waals surface area contributed by atoms with Gasteiger partial charge in [-0.15, -0.1) is 11.3 Å². The summed E-state index contributed by atoms with van der Waals surface area (Å²) in [6.45, 7) is 5.57. The van der Waals surface area contributed by atoms with E-state index in [4.69, 9.17) is 4.74 Å². The lowest BCUT2D eigenvalue weighted by Gasteiger charge is -2.40. The van der Waals surface area contributed by atoms with E-state index in [-0.39, 0.29) is 5.91 Å². The molecule has 0 saturated carbocycles. The fourth-order valence-electron chi connectivity index (χ4n) is 4.70. The van der Waals surface area contributed by atoms with Gasteiger partial charge in [0, 0.05) is 49.7 Å². The van der Waals surface area contributed by atoms with Gasteiger partial charge in [-0.2, -0.15) is 0 Å². The quantitative estimate of drug-likeness (QED) is 0.491. The summed E-state index contributed by atoms with van der Waals surface area (Å²) >= 11 is 3.08. The second-order valence-corrected chi connectivity index (χ2v) is 10.8. The minimum absolute atomic E-state index is 0.0263. The van der Waals surface area contributed by atoms with Gasteiger partial charge in [0.1, 0.15) is 22.4 Å². The maximum Gasteiger partial charge on any atom is 0.273 e. The number of piperazine rings is 1. The molecule has 2 aromatic carbocycles. The molecule has 6 nitrogen and oxygen atoms in total. The molecule has 1 atom stereocenters. The highest BCUT2D eigenvalue weighted by atomic mass is 32.2. The van der Waals surface area contributed by atoms with Crippen LogP contribution in [0.1, 0.15) is 33.2 Å². The van der Waals surface area contributed by atoms with Crippen LogP contribution >= 0.6 is 23.1 Å². The van der Waals surface area contributed by atoms with E-state index in [1.807, 2.05) is 16.5 Å². The molecular weight excluding hydrogens is 464 g/mol. The zero-order valence-corrected chi connectivity index (χ0v) is 21.3. The van der Waals surface area contributed by atoms with Crippen LogP contribution < -0.4 is 4.74 Å². The second-order valence-electron chi connectivity index (χ2n) is 8.88. The van der Waals surface area contributed by atoms with Gasteiger partial charge in [0.2, 0.25) is 0 Å². The van der Waals surface area contributed by atoms with Gasteiger partial charge in [-0.1, -0.05) is 48.2 Å². The van der Waals surface area contributed by atoms with E-state index in [1.54, 1.807) is 11.8 Å². The van der Waals surface area contributed by atoms with Gasteiger partial charge < -0.3 is 14.5 Å². The Kier molecular flexibility index (Phi) is 7.20. The normalized spacial score (nSPS) is 19.4. The Balaban J connectivity index is 1.34. The van der Waals surface area contributed by atoms with Crippen molar-refractivity contribution in [1.82, 2.24) is 19.7 Å². The molecule has 5 rings (SSSR count). The molecule has 1 aromatic heterocycles. The van der Waals surface area contributed by atoms with Crippen molar-refractivity contribution in [1.29, 1.82) is 0 Å². The van der Waals surface area contributed by atoms with Gasteiger partial charge in [-0.05, 0) is 36.6 Å². The average molecular weight is 495 g/mol. The number of thioether (sulfide) groups is 1. The summed E-state index contributed by atoms with van der Waals surface area (Å²) in [6, 6.07) is 17.6. The summed E-state index contributed by atoms with van der Waals surface area (Å²) in [5.41, 5.74) is 4.20. The Bertz CT molecular complexity index is 1140. The van der Waals surface area contributed by atoms with Gasteiger partial charge >= 0.3 is 0 Å². The number of likely N-dealkylation sites (N-methyl/N-ethyl adjacent to an activating group) is 1. The van der Waals surface area contributed by atoms with Crippen LogP contribution in [0.15, 0.2) is 58.3 Å². The maximum atomic E-state index is 13.1. The highest BCUT2D eigenvalue weighted by Gasteiger charge is 2.27. The van der Waals surface area contributed by atoms with E-state index in [1.165, 1.54) is 22.5 Å². The van der Waals surface area contributed by atoms with Crippen molar-refractivity contribution in [3.05, 3.63) is 76.3 Å².